The summed E-state index contributed by atoms with van der Waals surface area (Å²) in [5.74, 6) is 0.510. The van der Waals surface area contributed by atoms with Crippen LogP contribution in [0.3, 0.4) is 0 Å². The van der Waals surface area contributed by atoms with Crippen LogP contribution in [0.25, 0.3) is 44.5 Å². The highest BCUT2D eigenvalue weighted by Crippen LogP contribution is 2.41. The van der Waals surface area contributed by atoms with E-state index in [-0.39, 0.29) is 11.5 Å². The lowest BCUT2D eigenvalue weighted by atomic mass is 9.94. The fourth-order valence-electron chi connectivity index (χ4n) is 5.31. The van der Waals surface area contributed by atoms with Crippen LogP contribution in [-0.4, -0.2) is 10.2 Å². The first-order valence-electron chi connectivity index (χ1n) is 13.7. The number of rotatable bonds is 8. The van der Waals surface area contributed by atoms with Crippen molar-refractivity contribution in [3.05, 3.63) is 157 Å². The van der Waals surface area contributed by atoms with E-state index in [2.05, 4.69) is 0 Å². The first kappa shape index (κ1) is 26.1. The van der Waals surface area contributed by atoms with Crippen LogP contribution in [0, 0.1) is 0 Å². The molecule has 0 aliphatic carbocycles. The molecule has 0 radical (unpaired) electrons. The molecule has 6 rings (SSSR count). The van der Waals surface area contributed by atoms with Crippen molar-refractivity contribution in [1.29, 1.82) is 0 Å². The standard InChI is InChI=1S/C38H30O3/c39-37-33(27-13-3-1-4-14-27)21-11-23-35(37)31-19-9-7-17-29(31)25-41-26-30-18-8-10-20-32(30)36-24-12-22-34(38(36)40)28-15-5-2-6-16-28/h1-24,39-40H,25-26H2. The Labute approximate surface area is 240 Å². The van der Waals surface area contributed by atoms with Crippen LogP contribution in [0.5, 0.6) is 11.5 Å². The Kier molecular flexibility index (Phi) is 7.61. The lowest BCUT2D eigenvalue weighted by Crippen LogP contribution is -1.99. The fourth-order valence-corrected chi connectivity index (χ4v) is 5.31. The molecule has 0 aliphatic rings. The maximum absolute atomic E-state index is 11.3. The largest absolute Gasteiger partial charge is 0.507 e. The van der Waals surface area contributed by atoms with Crippen LogP contribution in [0.2, 0.25) is 0 Å². The van der Waals surface area contributed by atoms with Crippen LogP contribution in [0.1, 0.15) is 11.1 Å². The predicted molar refractivity (Wildman–Crippen MR) is 166 cm³/mol. The average molecular weight is 535 g/mol. The lowest BCUT2D eigenvalue weighted by Gasteiger charge is -2.16. The maximum atomic E-state index is 11.3. The molecular weight excluding hydrogens is 504 g/mol. The molecule has 3 nitrogen and oxygen atoms in total. The van der Waals surface area contributed by atoms with Crippen molar-refractivity contribution in [1.82, 2.24) is 0 Å². The second kappa shape index (κ2) is 12.0. The molecule has 0 fully saturated rings. The van der Waals surface area contributed by atoms with E-state index in [1.54, 1.807) is 0 Å². The summed E-state index contributed by atoms with van der Waals surface area (Å²) < 4.78 is 6.28. The van der Waals surface area contributed by atoms with Gasteiger partial charge in [0.25, 0.3) is 0 Å². The zero-order chi connectivity index (χ0) is 28.0. The molecule has 0 aromatic heterocycles. The highest BCUT2D eigenvalue weighted by atomic mass is 16.5. The normalized spacial score (nSPS) is 10.9. The van der Waals surface area contributed by atoms with Crippen molar-refractivity contribution >= 4 is 0 Å². The minimum Gasteiger partial charge on any atom is -0.507 e. The van der Waals surface area contributed by atoms with Crippen molar-refractivity contribution in [3.8, 4) is 56.0 Å². The molecule has 0 amide bonds. The van der Waals surface area contributed by atoms with E-state index in [4.69, 9.17) is 4.74 Å². The summed E-state index contributed by atoms with van der Waals surface area (Å²) in [5, 5.41) is 22.5. The summed E-state index contributed by atoms with van der Waals surface area (Å²) in [6.45, 7) is 0.741. The molecule has 0 saturated carbocycles. The molecule has 0 heterocycles. The summed E-state index contributed by atoms with van der Waals surface area (Å²) >= 11 is 0. The first-order valence-corrected chi connectivity index (χ1v) is 13.7. The van der Waals surface area contributed by atoms with Gasteiger partial charge < -0.3 is 14.9 Å². The molecule has 41 heavy (non-hydrogen) atoms. The Morgan fingerprint density at radius 3 is 1.12 bits per heavy atom. The van der Waals surface area contributed by atoms with Crippen molar-refractivity contribution < 1.29 is 14.9 Å². The lowest BCUT2D eigenvalue weighted by molar-refractivity contribution is 0.108. The second-order valence-electron chi connectivity index (χ2n) is 9.94. The Balaban J connectivity index is 1.26. The van der Waals surface area contributed by atoms with Gasteiger partial charge in [0.1, 0.15) is 11.5 Å². The highest BCUT2D eigenvalue weighted by Gasteiger charge is 2.16. The zero-order valence-corrected chi connectivity index (χ0v) is 22.6. The van der Waals surface area contributed by atoms with E-state index in [0.717, 1.165) is 55.6 Å². The summed E-state index contributed by atoms with van der Waals surface area (Å²) in [6, 6.07) is 47.6. The summed E-state index contributed by atoms with van der Waals surface area (Å²) in [4.78, 5) is 0. The fraction of sp³-hybridized carbons (Fsp3) is 0.0526. The van der Waals surface area contributed by atoms with Gasteiger partial charge in [-0.2, -0.15) is 0 Å². The molecular formula is C38H30O3. The van der Waals surface area contributed by atoms with Crippen LogP contribution >= 0.6 is 0 Å². The van der Waals surface area contributed by atoms with Gasteiger partial charge in [-0.25, -0.2) is 0 Å². The molecule has 0 aliphatic heterocycles. The number of benzene rings is 6. The van der Waals surface area contributed by atoms with Gasteiger partial charge in [-0.05, 0) is 33.4 Å². The van der Waals surface area contributed by atoms with Crippen molar-refractivity contribution in [2.75, 3.05) is 0 Å². The minimum atomic E-state index is 0.255. The quantitative estimate of drug-likeness (QED) is 0.204. The molecule has 6 aromatic carbocycles. The van der Waals surface area contributed by atoms with E-state index in [1.165, 1.54) is 0 Å². The average Bonchev–Trinajstić information content (AvgIpc) is 3.03. The third kappa shape index (κ3) is 5.49. The van der Waals surface area contributed by atoms with Gasteiger partial charge >= 0.3 is 0 Å². The number of hydrogen-bond donors (Lipinski definition) is 2. The molecule has 2 N–H and O–H groups in total. The number of para-hydroxylation sites is 2. The van der Waals surface area contributed by atoms with Gasteiger partial charge in [0, 0.05) is 22.3 Å². The minimum absolute atomic E-state index is 0.255. The predicted octanol–water partition coefficient (Wildman–Crippen LogP) is 9.48. The van der Waals surface area contributed by atoms with E-state index in [1.807, 2.05) is 146 Å². The van der Waals surface area contributed by atoms with Crippen molar-refractivity contribution in [3.63, 3.8) is 0 Å². The van der Waals surface area contributed by atoms with E-state index in [9.17, 15) is 10.2 Å². The third-order valence-electron chi connectivity index (χ3n) is 7.37. The second-order valence-corrected chi connectivity index (χ2v) is 9.94. The number of phenolic OH excluding ortho intramolecular Hbond substituents is 2. The summed E-state index contributed by atoms with van der Waals surface area (Å²) in [6.07, 6.45) is 0. The molecule has 0 unspecified atom stereocenters. The van der Waals surface area contributed by atoms with Gasteiger partial charge in [0.2, 0.25) is 0 Å². The maximum Gasteiger partial charge on any atom is 0.131 e. The SMILES string of the molecule is Oc1c(-c2ccccc2)cccc1-c1ccccc1COCc1ccccc1-c1cccc(-c2ccccc2)c1O. The molecule has 0 spiro atoms. The first-order chi connectivity index (χ1) is 20.2. The molecule has 6 aromatic rings. The number of aromatic hydroxyl groups is 2. The van der Waals surface area contributed by atoms with Crippen LogP contribution in [0.4, 0.5) is 0 Å². The monoisotopic (exact) mass is 534 g/mol. The van der Waals surface area contributed by atoms with Crippen LogP contribution in [0.15, 0.2) is 146 Å². The van der Waals surface area contributed by atoms with Gasteiger partial charge in [-0.15, -0.1) is 0 Å². The van der Waals surface area contributed by atoms with Crippen molar-refractivity contribution in [2.45, 2.75) is 13.2 Å². The molecule has 200 valence electrons. The topological polar surface area (TPSA) is 49.7 Å². The molecule has 0 bridgehead atoms. The van der Waals surface area contributed by atoms with E-state index >= 15 is 0 Å². The highest BCUT2D eigenvalue weighted by molar-refractivity contribution is 5.84. The van der Waals surface area contributed by atoms with Gasteiger partial charge in [0.15, 0.2) is 0 Å². The Hall–Kier alpha value is -5.12. The third-order valence-corrected chi connectivity index (χ3v) is 7.37. The Bertz CT molecular complexity index is 1640. The molecule has 0 saturated heterocycles. The zero-order valence-electron chi connectivity index (χ0n) is 22.6. The summed E-state index contributed by atoms with van der Waals surface area (Å²) in [5.41, 5.74) is 8.92. The smallest absolute Gasteiger partial charge is 0.131 e. The molecule has 3 heteroatoms. The Morgan fingerprint density at radius 2 is 0.683 bits per heavy atom. The van der Waals surface area contributed by atoms with Gasteiger partial charge in [0.05, 0.1) is 13.2 Å². The van der Waals surface area contributed by atoms with Gasteiger partial charge in [-0.3, -0.25) is 0 Å². The Morgan fingerprint density at radius 1 is 0.341 bits per heavy atom. The van der Waals surface area contributed by atoms with Crippen LogP contribution in [-0.2, 0) is 18.0 Å². The van der Waals surface area contributed by atoms with E-state index in [0.29, 0.717) is 13.2 Å². The summed E-state index contributed by atoms with van der Waals surface area (Å²) in [7, 11) is 0. The van der Waals surface area contributed by atoms with Crippen molar-refractivity contribution in [2.24, 2.45) is 0 Å². The van der Waals surface area contributed by atoms with Gasteiger partial charge in [-0.1, -0.05) is 146 Å². The number of ether oxygens (including phenoxy) is 1. The van der Waals surface area contributed by atoms with Crippen LogP contribution < -0.4 is 0 Å². The number of phenols is 2. The van der Waals surface area contributed by atoms with E-state index < -0.39 is 0 Å². The number of hydrogen-bond acceptors (Lipinski definition) is 3. The molecule has 0 atom stereocenters.